The lowest BCUT2D eigenvalue weighted by molar-refractivity contribution is 0.0651. The minimum atomic E-state index is -1.23. The second-order valence-electron chi connectivity index (χ2n) is 2.16. The highest BCUT2D eigenvalue weighted by Gasteiger charge is 2.13. The van der Waals surface area contributed by atoms with Crippen LogP contribution < -0.4 is 0 Å². The van der Waals surface area contributed by atoms with Crippen LogP contribution in [0, 0.1) is 0 Å². The first-order chi connectivity index (χ1) is 5.63. The largest absolute Gasteiger partial charge is 0.478 e. The van der Waals surface area contributed by atoms with Gasteiger partial charge in [-0.1, -0.05) is 12.1 Å². The molecule has 0 aliphatic carbocycles. The minimum absolute atomic E-state index is 0.190. The molecule has 0 heterocycles. The van der Waals surface area contributed by atoms with Crippen LogP contribution in [0.25, 0.3) is 0 Å². The van der Waals surface area contributed by atoms with E-state index >= 15 is 0 Å². The molecule has 0 aromatic heterocycles. The summed E-state index contributed by atoms with van der Waals surface area (Å²) in [4.78, 5) is 20.9. The number of hydrogen-bond donors (Lipinski definition) is 2. The number of carboxylic acids is 2. The summed E-state index contributed by atoms with van der Waals surface area (Å²) in [5, 5.41) is 17.1. The van der Waals surface area contributed by atoms with Gasteiger partial charge in [-0.15, -0.1) is 0 Å². The summed E-state index contributed by atoms with van der Waals surface area (Å²) < 4.78 is 0. The van der Waals surface area contributed by atoms with Gasteiger partial charge in [0.05, 0.1) is 11.1 Å². The first kappa shape index (κ1) is 8.26. The number of carboxylic acid groups (broad SMARTS) is 2. The normalized spacial score (nSPS) is 9.33. The van der Waals surface area contributed by atoms with E-state index in [4.69, 9.17) is 10.2 Å². The molecule has 0 spiro atoms. The summed E-state index contributed by atoms with van der Waals surface area (Å²) >= 11 is 0. The molecule has 0 saturated carbocycles. The van der Waals surface area contributed by atoms with Gasteiger partial charge in [0.1, 0.15) is 0 Å². The fourth-order valence-corrected chi connectivity index (χ4v) is 0.856. The summed E-state index contributed by atoms with van der Waals surface area (Å²) in [5.74, 6) is -2.46. The van der Waals surface area contributed by atoms with Crippen LogP contribution in [0.15, 0.2) is 24.3 Å². The van der Waals surface area contributed by atoms with Gasteiger partial charge in [0.25, 0.3) is 0 Å². The first-order valence-corrected chi connectivity index (χ1v) is 3.18. The molecule has 0 bridgehead atoms. The Morgan fingerprint density at radius 1 is 0.917 bits per heavy atom. The fraction of sp³-hybridized carbons (Fsp3) is 0. The second-order valence-corrected chi connectivity index (χ2v) is 2.16. The van der Waals surface area contributed by atoms with Gasteiger partial charge in [-0.2, -0.15) is 0 Å². The summed E-state index contributed by atoms with van der Waals surface area (Å²) in [6, 6.07) is 5.48. The highest BCUT2D eigenvalue weighted by molar-refractivity contribution is 6.01. The SMILES string of the molecule is O=C(O)c1cccc[13c]1[13C](=O)O. The predicted octanol–water partition coefficient (Wildman–Crippen LogP) is 1.08. The number of hydrogen-bond acceptors (Lipinski definition) is 2. The highest BCUT2D eigenvalue weighted by atomic mass is 16.5. The van der Waals surface area contributed by atoms with Gasteiger partial charge in [-0.25, -0.2) is 9.59 Å². The van der Waals surface area contributed by atoms with Crippen molar-refractivity contribution in [2.45, 2.75) is 0 Å². The second kappa shape index (κ2) is 3.04. The van der Waals surface area contributed by atoms with Crippen molar-refractivity contribution in [3.8, 4) is 0 Å². The molecule has 0 atom stereocenters. The van der Waals surface area contributed by atoms with Gasteiger partial charge in [0.15, 0.2) is 0 Å². The molecule has 12 heavy (non-hydrogen) atoms. The minimum Gasteiger partial charge on any atom is -0.478 e. The van der Waals surface area contributed by atoms with Crippen molar-refractivity contribution in [1.29, 1.82) is 0 Å². The van der Waals surface area contributed by atoms with Crippen LogP contribution in [0.2, 0.25) is 0 Å². The maximum atomic E-state index is 10.5. The zero-order valence-corrected chi connectivity index (χ0v) is 6.02. The lowest BCUT2D eigenvalue weighted by atomic mass is 10.3. The van der Waals surface area contributed by atoms with Gasteiger partial charge < -0.3 is 10.2 Å². The van der Waals surface area contributed by atoms with E-state index in [0.717, 1.165) is 0 Å². The Balaban J connectivity index is 3.27. The fourth-order valence-electron chi connectivity index (χ4n) is 0.856. The van der Waals surface area contributed by atoms with E-state index in [1.54, 1.807) is 0 Å². The van der Waals surface area contributed by atoms with Crippen molar-refractivity contribution in [3.05, 3.63) is 35.4 Å². The Bertz CT molecular complexity index is 297. The molecular formula is C8H6O4. The lowest BCUT2D eigenvalue weighted by Gasteiger charge is -1.98. The Morgan fingerprint density at radius 3 is 1.50 bits per heavy atom. The molecule has 4 nitrogen and oxygen atoms in total. The van der Waals surface area contributed by atoms with E-state index in [1.165, 1.54) is 24.3 Å². The smallest absolute Gasteiger partial charge is 0.336 e. The molecule has 1 aromatic carbocycles. The third kappa shape index (κ3) is 1.42. The Kier molecular flexibility index (Phi) is 2.09. The average molecular weight is 168 g/mol. The van der Waals surface area contributed by atoms with Gasteiger partial charge in [0, 0.05) is 0 Å². The summed E-state index contributed by atoms with van der Waals surface area (Å²) in [5.41, 5.74) is -0.380. The van der Waals surface area contributed by atoms with Crippen LogP contribution in [0.4, 0.5) is 0 Å². The third-order valence-electron chi connectivity index (χ3n) is 1.39. The highest BCUT2D eigenvalue weighted by Crippen LogP contribution is 2.07. The third-order valence-corrected chi connectivity index (χ3v) is 1.39. The van der Waals surface area contributed by atoms with E-state index in [1.807, 2.05) is 0 Å². The Hall–Kier alpha value is -1.84. The molecule has 0 radical (unpaired) electrons. The molecule has 1 aromatic rings. The quantitative estimate of drug-likeness (QED) is 0.648. The lowest BCUT2D eigenvalue weighted by Crippen LogP contribution is -2.06. The average Bonchev–Trinajstić information content (AvgIpc) is 2.04. The van der Waals surface area contributed by atoms with Gasteiger partial charge in [-0.05, 0) is 12.1 Å². The van der Waals surface area contributed by atoms with Crippen molar-refractivity contribution in [3.63, 3.8) is 0 Å². The van der Waals surface area contributed by atoms with Gasteiger partial charge in [0.2, 0.25) is 0 Å². The molecule has 0 aliphatic heterocycles. The van der Waals surface area contributed by atoms with Crippen LogP contribution in [-0.2, 0) is 0 Å². The standard InChI is InChI=1S/C8H6O4/c9-7(10)5-3-1-2-4-6(5)8(11)12/h1-4H,(H,9,10)(H,11,12)/i5+1,7+1. The number of benzene rings is 1. The zero-order valence-electron chi connectivity index (χ0n) is 6.02. The Morgan fingerprint density at radius 2 is 1.25 bits per heavy atom. The van der Waals surface area contributed by atoms with Gasteiger partial charge >= 0.3 is 11.9 Å². The monoisotopic (exact) mass is 168 g/mol. The molecule has 62 valence electrons. The molecule has 0 amide bonds. The maximum absolute atomic E-state index is 10.5. The first-order valence-electron chi connectivity index (χ1n) is 3.18. The number of carbonyl (C=O) groups is 2. The predicted molar refractivity (Wildman–Crippen MR) is 40.4 cm³/mol. The molecule has 4 heteroatoms. The zero-order chi connectivity index (χ0) is 9.14. The van der Waals surface area contributed by atoms with E-state index < -0.39 is 11.9 Å². The number of aromatic carboxylic acids is 2. The maximum Gasteiger partial charge on any atom is 0.336 e. The van der Waals surface area contributed by atoms with E-state index in [-0.39, 0.29) is 11.1 Å². The van der Waals surface area contributed by atoms with Gasteiger partial charge in [-0.3, -0.25) is 0 Å². The molecule has 0 aliphatic rings. The summed E-state index contributed by atoms with van der Waals surface area (Å²) in [6.45, 7) is 0. The van der Waals surface area contributed by atoms with Crippen molar-refractivity contribution in [1.82, 2.24) is 0 Å². The van der Waals surface area contributed by atoms with Crippen LogP contribution >= 0.6 is 0 Å². The van der Waals surface area contributed by atoms with Crippen molar-refractivity contribution in [2.75, 3.05) is 0 Å². The van der Waals surface area contributed by atoms with E-state index in [0.29, 0.717) is 0 Å². The van der Waals surface area contributed by atoms with Crippen LogP contribution in [0.1, 0.15) is 20.7 Å². The molecule has 0 saturated heterocycles. The van der Waals surface area contributed by atoms with Crippen molar-refractivity contribution in [2.24, 2.45) is 0 Å². The van der Waals surface area contributed by atoms with Crippen LogP contribution in [0.5, 0.6) is 0 Å². The van der Waals surface area contributed by atoms with Crippen LogP contribution in [-0.4, -0.2) is 22.2 Å². The molecule has 0 fully saturated rings. The molecule has 0 unspecified atom stereocenters. The molecule has 2 N–H and O–H groups in total. The molecular weight excluding hydrogens is 162 g/mol. The topological polar surface area (TPSA) is 74.6 Å². The van der Waals surface area contributed by atoms with Crippen LogP contribution in [0.3, 0.4) is 0 Å². The Labute approximate surface area is 68.1 Å². The van der Waals surface area contributed by atoms with Crippen molar-refractivity contribution >= 4 is 11.9 Å². The summed E-state index contributed by atoms with van der Waals surface area (Å²) in [7, 11) is 0. The van der Waals surface area contributed by atoms with E-state index in [9.17, 15) is 9.59 Å². The van der Waals surface area contributed by atoms with E-state index in [2.05, 4.69) is 0 Å². The molecule has 1 rings (SSSR count). The van der Waals surface area contributed by atoms with Crippen molar-refractivity contribution < 1.29 is 19.8 Å². The number of rotatable bonds is 2. The summed E-state index contributed by atoms with van der Waals surface area (Å²) in [6.07, 6.45) is 0.